The number of hydroxylamine groups is 1. The molecule has 35 heavy (non-hydrogen) atoms. The zero-order valence-corrected chi connectivity index (χ0v) is 20.3. The summed E-state index contributed by atoms with van der Waals surface area (Å²) in [4.78, 5) is 19.8. The maximum atomic E-state index is 11.2. The van der Waals surface area contributed by atoms with Gasteiger partial charge < -0.3 is 14.6 Å². The number of piperidine rings is 1. The van der Waals surface area contributed by atoms with E-state index in [1.807, 2.05) is 12.1 Å². The van der Waals surface area contributed by atoms with E-state index >= 15 is 0 Å². The number of H-pyrrole nitrogens is 1. The van der Waals surface area contributed by atoms with Crippen molar-refractivity contribution in [2.24, 2.45) is 0 Å². The van der Waals surface area contributed by atoms with Crippen LogP contribution in [0.25, 0.3) is 17.0 Å². The molecule has 5 rings (SSSR count). The van der Waals surface area contributed by atoms with Crippen molar-refractivity contribution in [1.82, 2.24) is 15.4 Å². The van der Waals surface area contributed by atoms with Crippen LogP contribution in [-0.2, 0) is 16.1 Å². The number of carbonyl (C=O) groups excluding carboxylic acids is 1. The highest BCUT2D eigenvalue weighted by atomic mass is 16.5. The average molecular weight is 475 g/mol. The first-order valence-corrected chi connectivity index (χ1v) is 12.5. The van der Waals surface area contributed by atoms with Crippen LogP contribution in [0, 0.1) is 6.92 Å². The van der Waals surface area contributed by atoms with Crippen molar-refractivity contribution in [2.75, 3.05) is 44.3 Å². The Labute approximate surface area is 206 Å². The molecular weight excluding hydrogens is 440 g/mol. The fraction of sp³-hybridized carbons (Fsp3) is 0.393. The molecule has 2 fully saturated rings. The molecule has 0 spiro atoms. The van der Waals surface area contributed by atoms with Gasteiger partial charge in [-0.3, -0.25) is 14.9 Å². The number of rotatable bonds is 6. The molecule has 1 amide bonds. The molecule has 3 N–H and O–H groups in total. The lowest BCUT2D eigenvalue weighted by molar-refractivity contribution is -0.124. The Kier molecular flexibility index (Phi) is 7.18. The van der Waals surface area contributed by atoms with E-state index < -0.39 is 5.91 Å². The predicted molar refractivity (Wildman–Crippen MR) is 139 cm³/mol. The number of aromatic nitrogens is 1. The van der Waals surface area contributed by atoms with Gasteiger partial charge in [-0.1, -0.05) is 24.3 Å². The first-order valence-electron chi connectivity index (χ1n) is 12.5. The number of nitrogens with one attached hydrogen (secondary N) is 2. The van der Waals surface area contributed by atoms with E-state index in [9.17, 15) is 4.79 Å². The lowest BCUT2D eigenvalue weighted by Crippen LogP contribution is -2.36. The Morgan fingerprint density at radius 2 is 1.97 bits per heavy atom. The maximum Gasteiger partial charge on any atom is 0.267 e. The summed E-state index contributed by atoms with van der Waals surface area (Å²) in [6.07, 6.45) is 5.41. The van der Waals surface area contributed by atoms with Gasteiger partial charge in [0.2, 0.25) is 0 Å². The van der Waals surface area contributed by atoms with Gasteiger partial charge in [0.1, 0.15) is 0 Å². The highest BCUT2D eigenvalue weighted by Gasteiger charge is 2.26. The first-order chi connectivity index (χ1) is 17.1. The minimum absolute atomic E-state index is 0.511. The number of morpholine rings is 1. The van der Waals surface area contributed by atoms with Crippen LogP contribution in [0.15, 0.2) is 48.5 Å². The Balaban J connectivity index is 1.30. The number of hydrogen-bond acceptors (Lipinski definition) is 5. The van der Waals surface area contributed by atoms with Gasteiger partial charge in [-0.25, -0.2) is 5.48 Å². The molecule has 2 saturated heterocycles. The molecule has 0 radical (unpaired) electrons. The number of hydrogen-bond donors (Lipinski definition) is 3. The molecule has 1 aromatic heterocycles. The van der Waals surface area contributed by atoms with E-state index in [1.54, 1.807) is 11.6 Å². The quantitative estimate of drug-likeness (QED) is 0.283. The van der Waals surface area contributed by atoms with Gasteiger partial charge in [-0.2, -0.15) is 0 Å². The minimum atomic E-state index is -0.530. The van der Waals surface area contributed by atoms with Gasteiger partial charge in [0, 0.05) is 54.5 Å². The van der Waals surface area contributed by atoms with Gasteiger partial charge in [0.15, 0.2) is 0 Å². The number of aromatic amines is 1. The van der Waals surface area contributed by atoms with Gasteiger partial charge in [0.05, 0.1) is 13.2 Å². The van der Waals surface area contributed by atoms with Crippen LogP contribution in [0.3, 0.4) is 0 Å². The maximum absolute atomic E-state index is 11.2. The van der Waals surface area contributed by atoms with E-state index in [2.05, 4.69) is 52.0 Å². The van der Waals surface area contributed by atoms with Crippen molar-refractivity contribution in [2.45, 2.75) is 32.2 Å². The SMILES string of the molecule is Cc1[nH]c2ccc(N3CCOCC3)cc2c1C1CCCN(Cc2ccc(/C=C/C(=O)NO)cc2)C1. The molecule has 2 aliphatic rings. The molecule has 0 saturated carbocycles. The summed E-state index contributed by atoms with van der Waals surface area (Å²) in [7, 11) is 0. The smallest absolute Gasteiger partial charge is 0.267 e. The molecule has 1 unspecified atom stereocenters. The van der Waals surface area contributed by atoms with Crippen molar-refractivity contribution < 1.29 is 14.7 Å². The predicted octanol–water partition coefficient (Wildman–Crippen LogP) is 4.21. The Bertz CT molecular complexity index is 1190. The number of likely N-dealkylation sites (tertiary alicyclic amines) is 1. The number of nitrogens with zero attached hydrogens (tertiary/aromatic N) is 2. The lowest BCUT2D eigenvalue weighted by Gasteiger charge is -2.33. The second kappa shape index (κ2) is 10.6. The molecular formula is C28H34N4O3. The van der Waals surface area contributed by atoms with Crippen molar-refractivity contribution in [3.63, 3.8) is 0 Å². The molecule has 0 bridgehead atoms. The standard InChI is InChI=1S/C28H34N4O3/c1-20-28(25-17-24(9-10-26(25)29-20)32-13-15-35-16-14-32)23-3-2-12-31(19-23)18-22-6-4-21(5-7-22)8-11-27(33)30-34/h4-11,17,23,29,34H,2-3,12-16,18-19H2,1H3,(H,30,33)/b11-8+. The number of fused-ring (bicyclic) bond motifs is 1. The molecule has 7 nitrogen and oxygen atoms in total. The van der Waals surface area contributed by atoms with Crippen molar-refractivity contribution in [1.29, 1.82) is 0 Å². The van der Waals surface area contributed by atoms with Crippen LogP contribution >= 0.6 is 0 Å². The normalized spacial score (nSPS) is 19.5. The summed E-state index contributed by atoms with van der Waals surface area (Å²) in [5.74, 6) is -0.0188. The lowest BCUT2D eigenvalue weighted by atomic mass is 9.88. The second-order valence-electron chi connectivity index (χ2n) is 9.62. The average Bonchev–Trinajstić information content (AvgIpc) is 3.23. The number of amides is 1. The zero-order valence-electron chi connectivity index (χ0n) is 20.3. The summed E-state index contributed by atoms with van der Waals surface area (Å²) in [5, 5.41) is 9.98. The molecule has 2 aliphatic heterocycles. The number of anilines is 1. The van der Waals surface area contributed by atoms with Crippen LogP contribution in [0.2, 0.25) is 0 Å². The third-order valence-electron chi connectivity index (χ3n) is 7.23. The highest BCUT2D eigenvalue weighted by Crippen LogP contribution is 2.37. The van der Waals surface area contributed by atoms with Crippen LogP contribution < -0.4 is 10.4 Å². The number of ether oxygens (including phenoxy) is 1. The fourth-order valence-corrected chi connectivity index (χ4v) is 5.52. The molecule has 184 valence electrons. The van der Waals surface area contributed by atoms with Gasteiger partial charge in [0.25, 0.3) is 5.91 Å². The van der Waals surface area contributed by atoms with E-state index in [0.717, 1.165) is 51.5 Å². The fourth-order valence-electron chi connectivity index (χ4n) is 5.52. The van der Waals surface area contributed by atoms with Crippen LogP contribution in [0.5, 0.6) is 0 Å². The van der Waals surface area contributed by atoms with E-state index in [1.165, 1.54) is 52.3 Å². The van der Waals surface area contributed by atoms with Gasteiger partial charge in [-0.05, 0) is 73.2 Å². The highest BCUT2D eigenvalue weighted by molar-refractivity contribution is 5.91. The third-order valence-corrected chi connectivity index (χ3v) is 7.23. The summed E-state index contributed by atoms with van der Waals surface area (Å²) < 4.78 is 5.54. The van der Waals surface area contributed by atoms with Crippen LogP contribution in [0.4, 0.5) is 5.69 Å². The summed E-state index contributed by atoms with van der Waals surface area (Å²) in [5.41, 5.74) is 9.08. The van der Waals surface area contributed by atoms with E-state index in [-0.39, 0.29) is 0 Å². The van der Waals surface area contributed by atoms with Crippen molar-refractivity contribution in [3.8, 4) is 0 Å². The Morgan fingerprint density at radius 3 is 2.74 bits per heavy atom. The number of benzene rings is 2. The largest absolute Gasteiger partial charge is 0.378 e. The molecule has 0 aliphatic carbocycles. The van der Waals surface area contributed by atoms with Gasteiger partial charge >= 0.3 is 0 Å². The Morgan fingerprint density at radius 1 is 1.17 bits per heavy atom. The third kappa shape index (κ3) is 5.42. The monoisotopic (exact) mass is 474 g/mol. The van der Waals surface area contributed by atoms with Crippen molar-refractivity contribution >= 4 is 28.6 Å². The van der Waals surface area contributed by atoms with Gasteiger partial charge in [-0.15, -0.1) is 0 Å². The van der Waals surface area contributed by atoms with Crippen LogP contribution in [-0.4, -0.2) is 60.4 Å². The summed E-state index contributed by atoms with van der Waals surface area (Å²) in [6, 6.07) is 15.1. The van der Waals surface area contributed by atoms with E-state index in [4.69, 9.17) is 9.94 Å². The topological polar surface area (TPSA) is 80.8 Å². The summed E-state index contributed by atoms with van der Waals surface area (Å²) >= 11 is 0. The molecule has 1 atom stereocenters. The number of aryl methyl sites for hydroxylation is 1. The molecule has 3 aromatic rings. The van der Waals surface area contributed by atoms with Crippen LogP contribution in [0.1, 0.15) is 41.1 Å². The first kappa shape index (κ1) is 23.6. The van der Waals surface area contributed by atoms with E-state index in [0.29, 0.717) is 5.92 Å². The molecule has 3 heterocycles. The van der Waals surface area contributed by atoms with Crippen molar-refractivity contribution in [3.05, 3.63) is 70.9 Å². The Hall–Kier alpha value is -3.13. The number of carbonyl (C=O) groups is 1. The minimum Gasteiger partial charge on any atom is -0.378 e. The second-order valence-corrected chi connectivity index (χ2v) is 9.62. The summed E-state index contributed by atoms with van der Waals surface area (Å²) in [6.45, 7) is 8.77. The zero-order chi connectivity index (χ0) is 24.2. The molecule has 7 heteroatoms. The molecule has 2 aromatic carbocycles.